The standard InChI is InChI=1S/Ag.Au.Cu.Fe.Hg.Pb.Zn. The van der Waals surface area contributed by atoms with Crippen molar-refractivity contribution in [2.45, 2.75) is 0 Å². The summed E-state index contributed by atoms with van der Waals surface area (Å²) in [4.78, 5) is 0. The van der Waals surface area contributed by atoms with E-state index in [2.05, 4.69) is 0 Å². The monoisotopic (exact) mass is 897 g/mol. The van der Waals surface area contributed by atoms with Crippen LogP contribution in [-0.4, -0.2) is 27.3 Å². The summed E-state index contributed by atoms with van der Waals surface area (Å²) >= 11 is 0. The van der Waals surface area contributed by atoms with Crippen LogP contribution in [0, 0.1) is 0 Å². The molecule has 0 aliphatic carbocycles. The predicted molar refractivity (Wildman–Crippen MR) is 5.75 cm³/mol. The SMILES string of the molecule is [Ag].[Au].[Cu].[Fe].[Hg].[Pb].[Zn]. The van der Waals surface area contributed by atoms with E-state index in [9.17, 15) is 0 Å². The summed E-state index contributed by atoms with van der Waals surface area (Å²) in [6.45, 7) is 0. The molecule has 0 N–H and O–H groups in total. The van der Waals surface area contributed by atoms with Gasteiger partial charge in [0.05, 0.1) is 0 Å². The maximum absolute atomic E-state index is 0. The third-order valence-corrected chi connectivity index (χ3v) is 0. The molecule has 7 heteroatoms. The minimum absolute atomic E-state index is 0. The van der Waals surface area contributed by atoms with Crippen molar-refractivity contribution < 1.29 is 126 Å². The van der Waals surface area contributed by atoms with Gasteiger partial charge in [-0.15, -0.1) is 0 Å². The zero-order chi connectivity index (χ0) is 0. The summed E-state index contributed by atoms with van der Waals surface area (Å²) in [5.74, 6) is 0. The molecule has 0 aliphatic rings. The Morgan fingerprint density at radius 2 is 1.00 bits per heavy atom. The smallest absolute Gasteiger partial charge is 0 e. The first-order valence-electron chi connectivity index (χ1n) is 0. The second-order valence-corrected chi connectivity index (χ2v) is 0. The van der Waals surface area contributed by atoms with Crippen LogP contribution >= 0.6 is 0 Å². The van der Waals surface area contributed by atoms with Crippen LogP contribution in [0.15, 0.2) is 0 Å². The van der Waals surface area contributed by atoms with E-state index in [-0.39, 0.29) is 153 Å². The molecule has 0 amide bonds. The molecule has 0 aromatic heterocycles. The van der Waals surface area contributed by atoms with Crippen molar-refractivity contribution in [2.75, 3.05) is 0 Å². The van der Waals surface area contributed by atoms with E-state index in [1.165, 1.54) is 0 Å². The minimum atomic E-state index is 0. The molecule has 0 saturated carbocycles. The van der Waals surface area contributed by atoms with Gasteiger partial charge in [-0.25, -0.2) is 0 Å². The van der Waals surface area contributed by atoms with Gasteiger partial charge in [0, 0.05) is 153 Å². The maximum atomic E-state index is 0. The van der Waals surface area contributed by atoms with Crippen LogP contribution in [0.1, 0.15) is 0 Å². The second kappa shape index (κ2) is 44.0. The van der Waals surface area contributed by atoms with Gasteiger partial charge in [-0.2, -0.15) is 0 Å². The molecular formula is AgAuCuFeHgPbZn. The zero-order valence-electron chi connectivity index (χ0n) is 3.17. The fourth-order valence-corrected chi connectivity index (χ4v) is 0. The first-order chi connectivity index (χ1) is 0. The van der Waals surface area contributed by atoms with Crippen molar-refractivity contribution in [1.82, 2.24) is 0 Å². The van der Waals surface area contributed by atoms with Crippen molar-refractivity contribution in [2.24, 2.45) is 0 Å². The Kier molecular flexibility index (Phi) is 365. The maximum Gasteiger partial charge on any atom is 0 e. The number of rotatable bonds is 0. The first kappa shape index (κ1) is 58.1. The van der Waals surface area contributed by atoms with Gasteiger partial charge in [-0.3, -0.25) is 0 Å². The second-order valence-electron chi connectivity index (χ2n) is 0. The molecular weight excluding hydrogens is 897 g/mol. The average molecular weight is 897 g/mol. The van der Waals surface area contributed by atoms with Crippen LogP contribution in [0.3, 0.4) is 0 Å². The van der Waals surface area contributed by atoms with Crippen molar-refractivity contribution >= 4 is 27.3 Å². The van der Waals surface area contributed by atoms with Gasteiger partial charge in [0.15, 0.2) is 0 Å². The molecule has 0 unspecified atom stereocenters. The predicted octanol–water partition coefficient (Wildman–Crippen LogP) is -0.396. The Morgan fingerprint density at radius 1 is 1.00 bits per heavy atom. The van der Waals surface area contributed by atoms with E-state index < -0.39 is 0 Å². The van der Waals surface area contributed by atoms with E-state index in [4.69, 9.17) is 0 Å². The fraction of sp³-hybridized carbons (Fsp3) is 0. The molecule has 0 aromatic carbocycles. The summed E-state index contributed by atoms with van der Waals surface area (Å²) < 4.78 is 0. The van der Waals surface area contributed by atoms with E-state index >= 15 is 0 Å². The molecule has 0 bridgehead atoms. The Bertz CT molecular complexity index is 19.7. The minimum Gasteiger partial charge on any atom is 0 e. The Hall–Kier alpha value is 5.00. The van der Waals surface area contributed by atoms with Gasteiger partial charge in [0.25, 0.3) is 0 Å². The Labute approximate surface area is 150 Å². The molecule has 0 aromatic rings. The van der Waals surface area contributed by atoms with Crippen LogP contribution < -0.4 is 0 Å². The zero-order valence-corrected chi connectivity index (χ0v) is 21.2. The quantitative estimate of drug-likeness (QED) is 0.291. The molecule has 0 fully saturated rings. The molecule has 7 radical (unpaired) electrons. The van der Waals surface area contributed by atoms with Gasteiger partial charge in [-0.1, -0.05) is 0 Å². The summed E-state index contributed by atoms with van der Waals surface area (Å²) in [5.41, 5.74) is 0. The molecule has 0 heterocycles. The topological polar surface area (TPSA) is 0 Å². The normalized spacial score (nSPS) is 0. The summed E-state index contributed by atoms with van der Waals surface area (Å²) in [6, 6.07) is 0. The summed E-state index contributed by atoms with van der Waals surface area (Å²) in [7, 11) is 0. The van der Waals surface area contributed by atoms with Crippen LogP contribution in [0.2, 0.25) is 0 Å². The van der Waals surface area contributed by atoms with E-state index in [0.717, 1.165) is 0 Å². The van der Waals surface area contributed by atoms with Crippen molar-refractivity contribution in [3.8, 4) is 0 Å². The third-order valence-electron chi connectivity index (χ3n) is 0. The molecule has 0 rings (SSSR count). The van der Waals surface area contributed by atoms with E-state index in [0.29, 0.717) is 0 Å². The third kappa shape index (κ3) is 35.6. The van der Waals surface area contributed by atoms with Crippen molar-refractivity contribution in [3.63, 3.8) is 0 Å². The summed E-state index contributed by atoms with van der Waals surface area (Å²) in [5, 5.41) is 0. The molecule has 0 atom stereocenters. The molecule has 0 aliphatic heterocycles. The molecule has 0 saturated heterocycles. The van der Waals surface area contributed by atoms with Gasteiger partial charge in [0.1, 0.15) is 0 Å². The first-order valence-corrected chi connectivity index (χ1v) is 0. The average Bonchev–Trinajstić information content (AvgIpc) is 0. The molecule has 7 heavy (non-hydrogen) atoms. The summed E-state index contributed by atoms with van der Waals surface area (Å²) in [6.07, 6.45) is 0. The van der Waals surface area contributed by atoms with Crippen molar-refractivity contribution in [3.05, 3.63) is 0 Å². The number of hydrogen-bond acceptors (Lipinski definition) is 0. The molecule has 49 valence electrons. The largest absolute Gasteiger partial charge is 0 e. The van der Waals surface area contributed by atoms with Gasteiger partial charge < -0.3 is 0 Å². The van der Waals surface area contributed by atoms with E-state index in [1.54, 1.807) is 0 Å². The van der Waals surface area contributed by atoms with Gasteiger partial charge in [0.2, 0.25) is 0 Å². The van der Waals surface area contributed by atoms with Crippen LogP contribution in [0.4, 0.5) is 0 Å². The van der Waals surface area contributed by atoms with Gasteiger partial charge in [-0.05, 0) is 0 Å². The molecule has 0 spiro atoms. The van der Waals surface area contributed by atoms with Crippen molar-refractivity contribution in [1.29, 1.82) is 0 Å². The van der Waals surface area contributed by atoms with Crippen LogP contribution in [0.5, 0.6) is 0 Å². The number of hydrogen-bond donors (Lipinski definition) is 0. The molecule has 0 nitrogen and oxygen atoms in total. The van der Waals surface area contributed by atoms with Crippen LogP contribution in [0.25, 0.3) is 0 Å². The van der Waals surface area contributed by atoms with E-state index in [1.807, 2.05) is 0 Å². The fourth-order valence-electron chi connectivity index (χ4n) is 0. The Morgan fingerprint density at radius 3 is 1.00 bits per heavy atom. The Balaban J connectivity index is 0. The van der Waals surface area contributed by atoms with Crippen LogP contribution in [-0.2, 0) is 126 Å². The van der Waals surface area contributed by atoms with Gasteiger partial charge >= 0.3 is 0 Å².